The van der Waals surface area contributed by atoms with Gasteiger partial charge in [-0.3, -0.25) is 0 Å². The SMILES string of the molecule is Nc1cccnc1S(=O)(=O)NC1CCCc2sccc21. The molecule has 0 spiro atoms. The van der Waals surface area contributed by atoms with Crippen LogP contribution in [0.1, 0.15) is 29.3 Å². The highest BCUT2D eigenvalue weighted by molar-refractivity contribution is 7.89. The van der Waals surface area contributed by atoms with Crippen LogP contribution in [0, 0.1) is 0 Å². The number of nitrogens with two attached hydrogens (primary N) is 1. The Kier molecular flexibility index (Phi) is 3.49. The molecule has 2 aromatic heterocycles. The number of rotatable bonds is 3. The minimum atomic E-state index is -3.69. The van der Waals surface area contributed by atoms with E-state index >= 15 is 0 Å². The predicted octanol–water partition coefficient (Wildman–Crippen LogP) is 2.08. The number of sulfonamides is 1. The van der Waals surface area contributed by atoms with E-state index in [1.165, 1.54) is 11.1 Å². The van der Waals surface area contributed by atoms with Gasteiger partial charge in [-0.25, -0.2) is 18.1 Å². The number of fused-ring (bicyclic) bond motifs is 1. The Labute approximate surface area is 121 Å². The number of hydrogen-bond donors (Lipinski definition) is 2. The van der Waals surface area contributed by atoms with Gasteiger partial charge in [0.15, 0.2) is 5.03 Å². The van der Waals surface area contributed by atoms with Crippen LogP contribution in [-0.2, 0) is 16.4 Å². The van der Waals surface area contributed by atoms with Crippen LogP contribution < -0.4 is 10.5 Å². The molecule has 5 nitrogen and oxygen atoms in total. The lowest BCUT2D eigenvalue weighted by molar-refractivity contribution is 0.509. The molecule has 0 saturated heterocycles. The second-order valence-electron chi connectivity index (χ2n) is 4.76. The molecular weight excluding hydrogens is 294 g/mol. The van der Waals surface area contributed by atoms with E-state index in [-0.39, 0.29) is 16.8 Å². The average molecular weight is 309 g/mol. The van der Waals surface area contributed by atoms with E-state index in [4.69, 9.17) is 5.73 Å². The van der Waals surface area contributed by atoms with Gasteiger partial charge in [-0.1, -0.05) is 0 Å². The zero-order valence-corrected chi connectivity index (χ0v) is 12.4. The number of aromatic nitrogens is 1. The highest BCUT2D eigenvalue weighted by Gasteiger charge is 2.28. The van der Waals surface area contributed by atoms with Crippen molar-refractivity contribution in [1.82, 2.24) is 9.71 Å². The van der Waals surface area contributed by atoms with Crippen LogP contribution in [-0.4, -0.2) is 13.4 Å². The standard InChI is InChI=1S/C13H15N3O2S2/c14-10-3-2-7-15-13(10)20(17,18)16-11-4-1-5-12-9(11)6-8-19-12/h2-3,6-8,11,16H,1,4-5,14H2. The van der Waals surface area contributed by atoms with Gasteiger partial charge >= 0.3 is 0 Å². The number of nitrogens with zero attached hydrogens (tertiary/aromatic N) is 1. The number of thiophene rings is 1. The third-order valence-electron chi connectivity index (χ3n) is 3.40. The van der Waals surface area contributed by atoms with Gasteiger partial charge in [0.2, 0.25) is 0 Å². The second-order valence-corrected chi connectivity index (χ2v) is 7.39. The van der Waals surface area contributed by atoms with Crippen molar-refractivity contribution in [3.05, 3.63) is 40.2 Å². The van der Waals surface area contributed by atoms with E-state index < -0.39 is 10.0 Å². The summed E-state index contributed by atoms with van der Waals surface area (Å²) in [6, 6.07) is 4.97. The molecule has 1 unspecified atom stereocenters. The smallest absolute Gasteiger partial charge is 0.260 e. The van der Waals surface area contributed by atoms with Gasteiger partial charge in [0.1, 0.15) is 0 Å². The van der Waals surface area contributed by atoms with Crippen LogP contribution in [0.25, 0.3) is 0 Å². The van der Waals surface area contributed by atoms with Gasteiger partial charge in [0.25, 0.3) is 10.0 Å². The summed E-state index contributed by atoms with van der Waals surface area (Å²) in [5.74, 6) is 0. The van der Waals surface area contributed by atoms with Crippen molar-refractivity contribution < 1.29 is 8.42 Å². The minimum Gasteiger partial charge on any atom is -0.396 e. The Morgan fingerprint density at radius 3 is 3.05 bits per heavy atom. The molecule has 0 radical (unpaired) electrons. The first-order valence-corrected chi connectivity index (χ1v) is 8.73. The van der Waals surface area contributed by atoms with Gasteiger partial charge in [-0.15, -0.1) is 11.3 Å². The lowest BCUT2D eigenvalue weighted by atomic mass is 9.95. The lowest BCUT2D eigenvalue weighted by Gasteiger charge is -2.23. The summed E-state index contributed by atoms with van der Waals surface area (Å²) >= 11 is 1.68. The maximum Gasteiger partial charge on any atom is 0.260 e. The number of aryl methyl sites for hydroxylation is 1. The van der Waals surface area contributed by atoms with Crippen molar-refractivity contribution in [1.29, 1.82) is 0 Å². The molecule has 0 bridgehead atoms. The Hall–Kier alpha value is -1.44. The number of anilines is 1. The van der Waals surface area contributed by atoms with Crippen LogP contribution >= 0.6 is 11.3 Å². The van der Waals surface area contributed by atoms with Crippen LogP contribution in [0.2, 0.25) is 0 Å². The molecule has 3 N–H and O–H groups in total. The number of pyridine rings is 1. The van der Waals surface area contributed by atoms with Crippen molar-refractivity contribution in [3.8, 4) is 0 Å². The fourth-order valence-electron chi connectivity index (χ4n) is 2.48. The molecule has 1 aliphatic carbocycles. The van der Waals surface area contributed by atoms with E-state index in [1.807, 2.05) is 11.4 Å². The van der Waals surface area contributed by atoms with Crippen molar-refractivity contribution >= 4 is 27.0 Å². The highest BCUT2D eigenvalue weighted by atomic mass is 32.2. The van der Waals surface area contributed by atoms with E-state index in [0.29, 0.717) is 0 Å². The molecule has 0 aliphatic heterocycles. The summed E-state index contributed by atoms with van der Waals surface area (Å²) < 4.78 is 27.5. The van der Waals surface area contributed by atoms with Gasteiger partial charge < -0.3 is 5.73 Å². The molecule has 1 aliphatic rings. The highest BCUT2D eigenvalue weighted by Crippen LogP contribution is 2.34. The molecule has 3 rings (SSSR count). The normalized spacial score (nSPS) is 18.7. The monoisotopic (exact) mass is 309 g/mol. The predicted molar refractivity (Wildman–Crippen MR) is 79.0 cm³/mol. The molecule has 20 heavy (non-hydrogen) atoms. The molecule has 2 heterocycles. The van der Waals surface area contributed by atoms with E-state index in [2.05, 4.69) is 9.71 Å². The zero-order valence-electron chi connectivity index (χ0n) is 10.7. The van der Waals surface area contributed by atoms with Crippen molar-refractivity contribution in [2.75, 3.05) is 5.73 Å². The van der Waals surface area contributed by atoms with Crippen molar-refractivity contribution in [2.45, 2.75) is 30.3 Å². The Morgan fingerprint density at radius 1 is 1.40 bits per heavy atom. The fraction of sp³-hybridized carbons (Fsp3) is 0.308. The largest absolute Gasteiger partial charge is 0.396 e. The molecule has 0 saturated carbocycles. The van der Waals surface area contributed by atoms with E-state index in [1.54, 1.807) is 23.5 Å². The third-order valence-corrected chi connectivity index (χ3v) is 5.85. The first-order chi connectivity index (χ1) is 9.58. The van der Waals surface area contributed by atoms with Crippen molar-refractivity contribution in [2.24, 2.45) is 0 Å². The van der Waals surface area contributed by atoms with E-state index in [0.717, 1.165) is 24.8 Å². The fourth-order valence-corrected chi connectivity index (χ4v) is 4.78. The first kappa shape index (κ1) is 13.5. The van der Waals surface area contributed by atoms with Crippen molar-refractivity contribution in [3.63, 3.8) is 0 Å². The quantitative estimate of drug-likeness (QED) is 0.909. The van der Waals surface area contributed by atoms with Crippen LogP contribution in [0.3, 0.4) is 0 Å². The lowest BCUT2D eigenvalue weighted by Crippen LogP contribution is -2.31. The molecule has 0 amide bonds. The van der Waals surface area contributed by atoms with E-state index in [9.17, 15) is 8.42 Å². The molecular formula is C13H15N3O2S2. The topological polar surface area (TPSA) is 85.1 Å². The van der Waals surface area contributed by atoms with Gasteiger partial charge in [0.05, 0.1) is 5.69 Å². The summed E-state index contributed by atoms with van der Waals surface area (Å²) in [5.41, 5.74) is 6.96. The molecule has 7 heteroatoms. The third kappa shape index (κ3) is 2.44. The molecule has 2 aromatic rings. The van der Waals surface area contributed by atoms with Crippen LogP contribution in [0.4, 0.5) is 5.69 Å². The summed E-state index contributed by atoms with van der Waals surface area (Å²) in [6.07, 6.45) is 4.24. The van der Waals surface area contributed by atoms with Gasteiger partial charge in [-0.2, -0.15) is 0 Å². The van der Waals surface area contributed by atoms with Crippen LogP contribution in [0.5, 0.6) is 0 Å². The average Bonchev–Trinajstić information content (AvgIpc) is 2.88. The summed E-state index contributed by atoms with van der Waals surface area (Å²) in [7, 11) is -3.69. The number of nitrogen functional groups attached to an aromatic ring is 1. The second kappa shape index (κ2) is 5.16. The summed E-state index contributed by atoms with van der Waals surface area (Å²) in [6.45, 7) is 0. The first-order valence-electron chi connectivity index (χ1n) is 6.37. The summed E-state index contributed by atoms with van der Waals surface area (Å²) in [4.78, 5) is 5.15. The molecule has 0 aromatic carbocycles. The maximum absolute atomic E-state index is 12.4. The molecule has 106 valence electrons. The summed E-state index contributed by atoms with van der Waals surface area (Å²) in [5, 5.41) is 1.91. The van der Waals surface area contributed by atoms with Crippen LogP contribution in [0.15, 0.2) is 34.8 Å². The Morgan fingerprint density at radius 2 is 2.25 bits per heavy atom. The Balaban J connectivity index is 1.91. The van der Waals surface area contributed by atoms with Gasteiger partial charge in [0, 0.05) is 17.1 Å². The number of hydrogen-bond acceptors (Lipinski definition) is 5. The molecule has 0 fully saturated rings. The maximum atomic E-state index is 12.4. The van der Waals surface area contributed by atoms with Gasteiger partial charge in [-0.05, 0) is 48.4 Å². The zero-order chi connectivity index (χ0) is 14.2. The Bertz CT molecular complexity index is 725. The minimum absolute atomic E-state index is 0.0950. The molecule has 1 atom stereocenters. The number of nitrogens with one attached hydrogen (secondary N) is 1.